The van der Waals surface area contributed by atoms with Crippen LogP contribution in [0.2, 0.25) is 0 Å². The third-order valence-electron chi connectivity index (χ3n) is 2.98. The molecule has 0 aliphatic heterocycles. The van der Waals surface area contributed by atoms with Gasteiger partial charge in [0.1, 0.15) is 12.7 Å². The second-order valence-corrected chi connectivity index (χ2v) is 5.04. The number of halogens is 1. The summed E-state index contributed by atoms with van der Waals surface area (Å²) in [7, 11) is 0. The Balaban J connectivity index is 0.00000441. The summed E-state index contributed by atoms with van der Waals surface area (Å²) >= 11 is 0. The molecule has 1 aromatic rings. The number of carbonyl (C=O) groups excluding carboxylic acids is 1. The molecule has 0 bridgehead atoms. The van der Waals surface area contributed by atoms with Crippen molar-refractivity contribution in [2.75, 3.05) is 31.6 Å². The molecule has 0 saturated carbocycles. The minimum atomic E-state index is -0.662. The maximum absolute atomic E-state index is 11.6. The molecule has 0 fully saturated rings. The van der Waals surface area contributed by atoms with Crippen molar-refractivity contribution in [3.8, 4) is 0 Å². The van der Waals surface area contributed by atoms with Gasteiger partial charge in [-0.2, -0.15) is 0 Å². The van der Waals surface area contributed by atoms with E-state index in [0.29, 0.717) is 12.2 Å². The minimum absolute atomic E-state index is 0. The highest BCUT2D eigenvalue weighted by molar-refractivity contribution is 5.85. The van der Waals surface area contributed by atoms with Crippen molar-refractivity contribution >= 4 is 24.2 Å². The lowest BCUT2D eigenvalue weighted by Crippen LogP contribution is -2.36. The number of para-hydroxylation sites is 1. The van der Waals surface area contributed by atoms with Crippen molar-refractivity contribution in [3.63, 3.8) is 0 Å². The van der Waals surface area contributed by atoms with Gasteiger partial charge in [0.15, 0.2) is 0 Å². The van der Waals surface area contributed by atoms with E-state index >= 15 is 0 Å². The number of aliphatic hydroxyl groups excluding tert-OH is 1. The highest BCUT2D eigenvalue weighted by atomic mass is 35.5. The van der Waals surface area contributed by atoms with Gasteiger partial charge in [-0.25, -0.2) is 4.79 Å². The first-order valence-electron chi connectivity index (χ1n) is 7.55. The summed E-state index contributed by atoms with van der Waals surface area (Å²) in [6.07, 6.45) is 0.881. The Kier molecular flexibility index (Phi) is 11.5. The minimum Gasteiger partial charge on any atom is -0.447 e. The average Bonchev–Trinajstić information content (AvgIpc) is 2.47. The van der Waals surface area contributed by atoms with Crippen LogP contribution in [0.5, 0.6) is 0 Å². The molecule has 1 aromatic carbocycles. The van der Waals surface area contributed by atoms with Gasteiger partial charge >= 0.3 is 6.09 Å². The van der Waals surface area contributed by atoms with Gasteiger partial charge < -0.3 is 14.7 Å². The molecule has 0 aliphatic carbocycles. The predicted octanol–water partition coefficient (Wildman–Crippen LogP) is 3.14. The summed E-state index contributed by atoms with van der Waals surface area (Å²) in [5.74, 6) is 0. The van der Waals surface area contributed by atoms with Crippen LogP contribution in [0.15, 0.2) is 30.3 Å². The Morgan fingerprint density at radius 3 is 2.36 bits per heavy atom. The molecule has 2 N–H and O–H groups in total. The van der Waals surface area contributed by atoms with Crippen LogP contribution in [0.1, 0.15) is 26.7 Å². The summed E-state index contributed by atoms with van der Waals surface area (Å²) in [6.45, 7) is 6.64. The summed E-state index contributed by atoms with van der Waals surface area (Å²) < 4.78 is 5.04. The van der Waals surface area contributed by atoms with E-state index in [2.05, 4.69) is 24.1 Å². The molecule has 5 nitrogen and oxygen atoms in total. The van der Waals surface area contributed by atoms with E-state index < -0.39 is 12.2 Å². The van der Waals surface area contributed by atoms with E-state index in [4.69, 9.17) is 4.74 Å². The quantitative estimate of drug-likeness (QED) is 0.730. The first-order chi connectivity index (χ1) is 10.2. The normalized spacial score (nSPS) is 11.6. The van der Waals surface area contributed by atoms with Gasteiger partial charge in [-0.15, -0.1) is 12.4 Å². The Morgan fingerprint density at radius 1 is 1.23 bits per heavy atom. The van der Waals surface area contributed by atoms with Crippen LogP contribution in [0, 0.1) is 0 Å². The monoisotopic (exact) mass is 330 g/mol. The van der Waals surface area contributed by atoms with Gasteiger partial charge in [-0.05, 0) is 38.1 Å². The highest BCUT2D eigenvalue weighted by Gasteiger charge is 2.13. The number of amides is 1. The number of anilines is 1. The number of ether oxygens (including phenoxy) is 1. The second kappa shape index (κ2) is 12.3. The van der Waals surface area contributed by atoms with Gasteiger partial charge in [0.05, 0.1) is 0 Å². The van der Waals surface area contributed by atoms with Crippen LogP contribution >= 0.6 is 12.4 Å². The second-order valence-electron chi connectivity index (χ2n) is 5.04. The molecular weight excluding hydrogens is 304 g/mol. The van der Waals surface area contributed by atoms with Crippen LogP contribution in [0.3, 0.4) is 0 Å². The highest BCUT2D eigenvalue weighted by Crippen LogP contribution is 2.05. The molecule has 0 radical (unpaired) electrons. The maximum atomic E-state index is 11.6. The fraction of sp³-hybridized carbons (Fsp3) is 0.562. The molecule has 0 heterocycles. The van der Waals surface area contributed by atoms with Gasteiger partial charge in [-0.1, -0.05) is 32.0 Å². The molecular formula is C16H27ClN2O3. The van der Waals surface area contributed by atoms with Gasteiger partial charge in [-0.3, -0.25) is 5.32 Å². The van der Waals surface area contributed by atoms with Gasteiger partial charge in [0.25, 0.3) is 0 Å². The van der Waals surface area contributed by atoms with E-state index in [1.807, 2.05) is 18.2 Å². The van der Waals surface area contributed by atoms with Crippen LogP contribution in [0.25, 0.3) is 0 Å². The summed E-state index contributed by atoms with van der Waals surface area (Å²) in [4.78, 5) is 13.8. The predicted molar refractivity (Wildman–Crippen MR) is 91.7 cm³/mol. The first kappa shape index (κ1) is 20.7. The molecule has 0 aliphatic rings. The number of carbonyl (C=O) groups is 1. The number of hydrogen-bond donors (Lipinski definition) is 2. The van der Waals surface area contributed by atoms with E-state index in [1.54, 1.807) is 12.1 Å². The zero-order valence-corrected chi connectivity index (χ0v) is 14.1. The number of nitrogens with one attached hydrogen (secondary N) is 1. The summed E-state index contributed by atoms with van der Waals surface area (Å²) in [6, 6.07) is 9.09. The molecule has 0 spiro atoms. The fourth-order valence-corrected chi connectivity index (χ4v) is 2.12. The number of nitrogens with zero attached hydrogens (tertiary/aromatic N) is 1. The Morgan fingerprint density at radius 2 is 1.82 bits per heavy atom. The lowest BCUT2D eigenvalue weighted by atomic mass is 10.3. The maximum Gasteiger partial charge on any atom is 0.411 e. The molecule has 1 rings (SSSR count). The molecule has 1 amide bonds. The van der Waals surface area contributed by atoms with Crippen molar-refractivity contribution in [3.05, 3.63) is 30.3 Å². The van der Waals surface area contributed by atoms with E-state index in [-0.39, 0.29) is 19.0 Å². The molecule has 6 heteroatoms. The van der Waals surface area contributed by atoms with Gasteiger partial charge in [0.2, 0.25) is 0 Å². The SMILES string of the molecule is CCCN(CCC)CC(O)COC(=O)Nc1ccccc1.Cl. The topological polar surface area (TPSA) is 61.8 Å². The third-order valence-corrected chi connectivity index (χ3v) is 2.98. The molecule has 126 valence electrons. The van der Waals surface area contributed by atoms with Crippen molar-refractivity contribution in [2.24, 2.45) is 0 Å². The number of rotatable bonds is 9. The lowest BCUT2D eigenvalue weighted by Gasteiger charge is -2.23. The molecule has 0 aromatic heterocycles. The van der Waals surface area contributed by atoms with Crippen LogP contribution in [0.4, 0.5) is 10.5 Å². The Bertz CT molecular complexity index is 398. The van der Waals surface area contributed by atoms with Crippen LogP contribution in [-0.2, 0) is 4.74 Å². The smallest absolute Gasteiger partial charge is 0.411 e. The third kappa shape index (κ3) is 8.87. The Hall–Kier alpha value is -1.30. The largest absolute Gasteiger partial charge is 0.447 e. The molecule has 1 unspecified atom stereocenters. The molecule has 22 heavy (non-hydrogen) atoms. The van der Waals surface area contributed by atoms with E-state index in [9.17, 15) is 9.90 Å². The summed E-state index contributed by atoms with van der Waals surface area (Å²) in [5.41, 5.74) is 0.676. The molecule has 1 atom stereocenters. The number of aliphatic hydroxyl groups is 1. The lowest BCUT2D eigenvalue weighted by molar-refractivity contribution is 0.0482. The number of hydrogen-bond acceptors (Lipinski definition) is 4. The number of benzene rings is 1. The van der Waals surface area contributed by atoms with Crippen molar-refractivity contribution in [1.29, 1.82) is 0 Å². The average molecular weight is 331 g/mol. The first-order valence-corrected chi connectivity index (χ1v) is 7.55. The van der Waals surface area contributed by atoms with Crippen molar-refractivity contribution in [1.82, 2.24) is 4.90 Å². The van der Waals surface area contributed by atoms with Crippen molar-refractivity contribution < 1.29 is 14.6 Å². The zero-order valence-electron chi connectivity index (χ0n) is 13.3. The fourth-order valence-electron chi connectivity index (χ4n) is 2.12. The standard InChI is InChI=1S/C16H26N2O3.ClH/c1-3-10-18(11-4-2)12-15(19)13-21-16(20)17-14-8-6-5-7-9-14;/h5-9,15,19H,3-4,10-13H2,1-2H3,(H,17,20);1H. The van der Waals surface area contributed by atoms with Crippen LogP contribution in [-0.4, -0.2) is 48.4 Å². The van der Waals surface area contributed by atoms with E-state index in [0.717, 1.165) is 25.9 Å². The van der Waals surface area contributed by atoms with Gasteiger partial charge in [0, 0.05) is 12.2 Å². The van der Waals surface area contributed by atoms with E-state index in [1.165, 1.54) is 0 Å². The molecule has 0 saturated heterocycles. The zero-order chi connectivity index (χ0) is 15.5. The Labute approximate surface area is 139 Å². The summed E-state index contributed by atoms with van der Waals surface area (Å²) in [5, 5.41) is 12.6. The van der Waals surface area contributed by atoms with Crippen LogP contribution < -0.4 is 5.32 Å². The van der Waals surface area contributed by atoms with Crippen molar-refractivity contribution in [2.45, 2.75) is 32.8 Å².